The molecule has 1 radical (unpaired) electrons. The summed E-state index contributed by atoms with van der Waals surface area (Å²) in [6.07, 6.45) is 1.61. The van der Waals surface area contributed by atoms with Crippen LogP contribution in [-0.4, -0.2) is 22.2 Å². The number of rotatable bonds is 2. The molecule has 0 unspecified atom stereocenters. The predicted octanol–water partition coefficient (Wildman–Crippen LogP) is 1.22. The third-order valence-electron chi connectivity index (χ3n) is 0.422. The van der Waals surface area contributed by atoms with E-state index in [-0.39, 0.29) is 22.2 Å². The molecule has 0 atom stereocenters. The van der Waals surface area contributed by atoms with Gasteiger partial charge in [0.1, 0.15) is 4.84 Å². The lowest BCUT2D eigenvalue weighted by atomic mass is 10.4. The molecule has 0 amide bonds. The standard InChI is InChI=1S/C4H7Cl2.Al.3H/c1-2-3-4(5)6;;;;/h4H,1-3H2;;;;. The van der Waals surface area contributed by atoms with Crippen LogP contribution in [0, 0.1) is 6.92 Å². The van der Waals surface area contributed by atoms with E-state index >= 15 is 0 Å². The first-order valence-electron chi connectivity index (χ1n) is 1.84. The molecule has 0 aliphatic rings. The van der Waals surface area contributed by atoms with Gasteiger partial charge in [0.15, 0.2) is 17.4 Å². The highest BCUT2D eigenvalue weighted by Gasteiger charge is 1.91. The number of hydrogen-bond acceptors (Lipinski definition) is 0. The molecule has 0 N–H and O–H groups in total. The molecule has 0 spiro atoms. The van der Waals surface area contributed by atoms with Crippen molar-refractivity contribution in [2.24, 2.45) is 0 Å². The molecule has 7 heavy (non-hydrogen) atoms. The van der Waals surface area contributed by atoms with Crippen LogP contribution < -0.4 is 0 Å². The topological polar surface area (TPSA) is 0 Å². The summed E-state index contributed by atoms with van der Waals surface area (Å²) in [6, 6.07) is 0. The SMILES string of the molecule is [AlH3].[CH2]CCC(Cl)Cl. The van der Waals surface area contributed by atoms with Crippen LogP contribution in [0.2, 0.25) is 0 Å². The largest absolute Gasteiger partial charge is 0.187 e. The smallest absolute Gasteiger partial charge is 0.105 e. The van der Waals surface area contributed by atoms with Crippen LogP contribution in [0.4, 0.5) is 0 Å². The number of halogens is 2. The summed E-state index contributed by atoms with van der Waals surface area (Å²) in [5, 5.41) is 0. The average molecular weight is 156 g/mol. The van der Waals surface area contributed by atoms with Gasteiger partial charge in [-0.2, -0.15) is 0 Å². The maximum atomic E-state index is 5.30. The highest BCUT2D eigenvalue weighted by molar-refractivity contribution is 6.44. The summed E-state index contributed by atoms with van der Waals surface area (Å²) in [7, 11) is 0. The molecule has 0 aromatic heterocycles. The van der Waals surface area contributed by atoms with Gasteiger partial charge in [-0.25, -0.2) is 0 Å². The second-order valence-corrected chi connectivity index (χ2v) is 2.31. The minimum absolute atomic E-state index is 0. The maximum absolute atomic E-state index is 5.30. The van der Waals surface area contributed by atoms with Crippen molar-refractivity contribution in [3.63, 3.8) is 0 Å². The van der Waals surface area contributed by atoms with E-state index in [1.54, 1.807) is 0 Å². The second kappa shape index (κ2) is 7.11. The van der Waals surface area contributed by atoms with Crippen LogP contribution in [0.3, 0.4) is 0 Å². The molecule has 0 heterocycles. The van der Waals surface area contributed by atoms with Crippen molar-refractivity contribution in [3.05, 3.63) is 6.92 Å². The van der Waals surface area contributed by atoms with E-state index < -0.39 is 0 Å². The van der Waals surface area contributed by atoms with E-state index in [2.05, 4.69) is 6.92 Å². The Morgan fingerprint density at radius 1 is 1.43 bits per heavy atom. The van der Waals surface area contributed by atoms with Crippen LogP contribution in [0.15, 0.2) is 0 Å². The van der Waals surface area contributed by atoms with Crippen molar-refractivity contribution in [1.29, 1.82) is 0 Å². The normalized spacial score (nSPS) is 8.57. The Balaban J connectivity index is 0. The van der Waals surface area contributed by atoms with Gasteiger partial charge >= 0.3 is 0 Å². The molecule has 0 nitrogen and oxygen atoms in total. The summed E-state index contributed by atoms with van der Waals surface area (Å²) >= 11 is 10.6. The molecule has 0 fully saturated rings. The zero-order chi connectivity index (χ0) is 4.99. The van der Waals surface area contributed by atoms with Crippen molar-refractivity contribution in [2.45, 2.75) is 17.7 Å². The van der Waals surface area contributed by atoms with E-state index in [1.165, 1.54) is 0 Å². The van der Waals surface area contributed by atoms with Crippen molar-refractivity contribution < 1.29 is 0 Å². The monoisotopic (exact) mass is 155 g/mol. The zero-order valence-electron chi connectivity index (χ0n) is 3.45. The Kier molecular flexibility index (Phi) is 11.2. The van der Waals surface area contributed by atoms with E-state index in [4.69, 9.17) is 23.2 Å². The molecule has 0 aliphatic heterocycles. The summed E-state index contributed by atoms with van der Waals surface area (Å²) in [4.78, 5) is -0.220. The molecular formula is C4H10AlCl2. The van der Waals surface area contributed by atoms with Gasteiger partial charge < -0.3 is 0 Å². The second-order valence-electron chi connectivity index (χ2n) is 1.03. The van der Waals surface area contributed by atoms with Crippen LogP contribution in [0.25, 0.3) is 0 Å². The summed E-state index contributed by atoms with van der Waals surface area (Å²) in [5.41, 5.74) is 0. The number of alkyl halides is 2. The summed E-state index contributed by atoms with van der Waals surface area (Å²) in [6.45, 7) is 3.56. The van der Waals surface area contributed by atoms with Gasteiger partial charge in [0.05, 0.1) is 0 Å². The first-order valence-corrected chi connectivity index (χ1v) is 2.72. The third kappa shape index (κ3) is 11.0. The van der Waals surface area contributed by atoms with Gasteiger partial charge in [-0.3, -0.25) is 0 Å². The van der Waals surface area contributed by atoms with Crippen molar-refractivity contribution >= 4 is 40.6 Å². The van der Waals surface area contributed by atoms with Crippen molar-refractivity contribution in [1.82, 2.24) is 0 Å². The Labute approximate surface area is 65.3 Å². The molecular weight excluding hydrogens is 146 g/mol. The van der Waals surface area contributed by atoms with Gasteiger partial charge in [-0.1, -0.05) is 13.3 Å². The van der Waals surface area contributed by atoms with Crippen molar-refractivity contribution in [2.75, 3.05) is 0 Å². The Morgan fingerprint density at radius 2 is 1.86 bits per heavy atom. The Bertz CT molecular complexity index is 30.9. The van der Waals surface area contributed by atoms with Gasteiger partial charge in [-0.05, 0) is 6.42 Å². The van der Waals surface area contributed by atoms with Gasteiger partial charge in [-0.15, -0.1) is 23.2 Å². The fourth-order valence-electron chi connectivity index (χ4n) is 0.154. The molecule has 43 valence electrons. The quantitative estimate of drug-likeness (QED) is 0.416. The van der Waals surface area contributed by atoms with Gasteiger partial charge in [0.2, 0.25) is 0 Å². The molecule has 3 heteroatoms. The van der Waals surface area contributed by atoms with Crippen LogP contribution in [0.1, 0.15) is 12.8 Å². The molecule has 0 aliphatic carbocycles. The van der Waals surface area contributed by atoms with Crippen molar-refractivity contribution in [3.8, 4) is 0 Å². The Morgan fingerprint density at radius 3 is 1.86 bits per heavy atom. The lowest BCUT2D eigenvalue weighted by molar-refractivity contribution is 0.922. The lowest BCUT2D eigenvalue weighted by Gasteiger charge is -1.90. The van der Waals surface area contributed by atoms with E-state index in [1.807, 2.05) is 0 Å². The fraction of sp³-hybridized carbons (Fsp3) is 0.750. The van der Waals surface area contributed by atoms with E-state index in [9.17, 15) is 0 Å². The Hall–Kier alpha value is 1.11. The zero-order valence-corrected chi connectivity index (χ0v) is 4.97. The summed E-state index contributed by atoms with van der Waals surface area (Å²) in [5.74, 6) is 0. The summed E-state index contributed by atoms with van der Waals surface area (Å²) < 4.78 is 0. The molecule has 0 rings (SSSR count). The lowest BCUT2D eigenvalue weighted by Crippen LogP contribution is -1.81. The van der Waals surface area contributed by atoms with Crippen LogP contribution in [-0.2, 0) is 0 Å². The van der Waals surface area contributed by atoms with E-state index in [0.717, 1.165) is 12.8 Å². The van der Waals surface area contributed by atoms with Gasteiger partial charge in [0.25, 0.3) is 0 Å². The van der Waals surface area contributed by atoms with Crippen LogP contribution >= 0.6 is 23.2 Å². The fourth-order valence-corrected chi connectivity index (χ4v) is 0.463. The highest BCUT2D eigenvalue weighted by atomic mass is 35.5. The molecule has 0 saturated carbocycles. The number of hydrogen-bond donors (Lipinski definition) is 0. The first kappa shape index (κ1) is 11.0. The van der Waals surface area contributed by atoms with Gasteiger partial charge in [0, 0.05) is 0 Å². The third-order valence-corrected chi connectivity index (χ3v) is 0.859. The minimum Gasteiger partial charge on any atom is -0.105 e. The molecule has 0 bridgehead atoms. The average Bonchev–Trinajstić information content (AvgIpc) is 1.35. The maximum Gasteiger partial charge on any atom is 0.187 e. The molecule has 0 aromatic rings. The van der Waals surface area contributed by atoms with Crippen LogP contribution in [0.5, 0.6) is 0 Å². The molecule has 0 aromatic carbocycles. The first-order chi connectivity index (χ1) is 2.77. The molecule has 0 saturated heterocycles. The van der Waals surface area contributed by atoms with E-state index in [0.29, 0.717) is 0 Å². The highest BCUT2D eigenvalue weighted by Crippen LogP contribution is 2.07. The predicted molar refractivity (Wildman–Crippen MR) is 40.0 cm³/mol. The minimum atomic E-state index is -0.220.